The number of imidazole rings is 1. The molecule has 0 radical (unpaired) electrons. The Morgan fingerprint density at radius 3 is 2.75 bits per heavy atom. The topological polar surface area (TPSA) is 59.8 Å². The number of hydrogen-bond acceptors (Lipinski definition) is 3. The Labute approximate surface area is 123 Å². The van der Waals surface area contributed by atoms with Crippen LogP contribution in [-0.2, 0) is 11.3 Å². The van der Waals surface area contributed by atoms with E-state index in [-0.39, 0.29) is 23.9 Å². The van der Waals surface area contributed by atoms with Crippen LogP contribution in [0.3, 0.4) is 0 Å². The maximum Gasteiger partial charge on any atom is 0.240 e. The van der Waals surface area contributed by atoms with Crippen molar-refractivity contribution in [3.05, 3.63) is 23.7 Å². The largest absolute Gasteiger partial charge is 0.352 e. The lowest BCUT2D eigenvalue weighted by Gasteiger charge is -2.12. The summed E-state index contributed by atoms with van der Waals surface area (Å²) in [5.41, 5.74) is 2.49. The van der Waals surface area contributed by atoms with Gasteiger partial charge in [-0.1, -0.05) is 0 Å². The lowest BCUT2D eigenvalue weighted by Crippen LogP contribution is -2.33. The summed E-state index contributed by atoms with van der Waals surface area (Å²) in [5.74, 6) is 0.596. The van der Waals surface area contributed by atoms with Gasteiger partial charge in [0.15, 0.2) is 5.65 Å². The van der Waals surface area contributed by atoms with Gasteiger partial charge in [-0.15, -0.1) is 11.6 Å². The van der Waals surface area contributed by atoms with Crippen molar-refractivity contribution in [2.75, 3.05) is 0 Å². The van der Waals surface area contributed by atoms with Gasteiger partial charge in [0.1, 0.15) is 17.9 Å². The zero-order valence-corrected chi connectivity index (χ0v) is 12.9. The molecule has 0 saturated heterocycles. The van der Waals surface area contributed by atoms with E-state index >= 15 is 0 Å². The molecule has 2 aromatic heterocycles. The van der Waals surface area contributed by atoms with Crippen molar-refractivity contribution in [3.63, 3.8) is 0 Å². The number of alkyl halides is 1. The van der Waals surface area contributed by atoms with Gasteiger partial charge in [0, 0.05) is 12.2 Å². The molecule has 5 nitrogen and oxygen atoms in total. The summed E-state index contributed by atoms with van der Waals surface area (Å²) in [6, 6.07) is 2.05. The molecule has 0 saturated carbocycles. The summed E-state index contributed by atoms with van der Waals surface area (Å²) in [6.45, 7) is 7.83. The predicted octanol–water partition coefficient (Wildman–Crippen LogP) is 2.56. The number of carbonyl (C=O) groups excluding carboxylic acids is 1. The van der Waals surface area contributed by atoms with Crippen molar-refractivity contribution in [2.24, 2.45) is 0 Å². The van der Waals surface area contributed by atoms with Crippen LogP contribution in [0.1, 0.15) is 37.5 Å². The van der Waals surface area contributed by atoms with Crippen molar-refractivity contribution in [3.8, 4) is 0 Å². The monoisotopic (exact) mass is 294 g/mol. The Bertz CT molecular complexity index is 633. The van der Waals surface area contributed by atoms with Gasteiger partial charge in [-0.25, -0.2) is 9.97 Å². The van der Waals surface area contributed by atoms with E-state index in [1.54, 1.807) is 10.8 Å². The number of nitrogens with one attached hydrogen (secondary N) is 1. The van der Waals surface area contributed by atoms with Gasteiger partial charge in [0.25, 0.3) is 0 Å². The highest BCUT2D eigenvalue weighted by molar-refractivity contribution is 6.20. The minimum Gasteiger partial charge on any atom is -0.352 e. The summed E-state index contributed by atoms with van der Waals surface area (Å²) in [5, 5.41) is 2.58. The Hall–Kier alpha value is -1.62. The number of rotatable bonds is 4. The third-order valence-electron chi connectivity index (χ3n) is 2.86. The zero-order valence-electron chi connectivity index (χ0n) is 12.1. The molecular weight excluding hydrogens is 276 g/mol. The van der Waals surface area contributed by atoms with Crippen LogP contribution in [0.2, 0.25) is 0 Å². The van der Waals surface area contributed by atoms with Crippen LogP contribution >= 0.6 is 11.6 Å². The van der Waals surface area contributed by atoms with Crippen molar-refractivity contribution in [1.82, 2.24) is 19.9 Å². The molecule has 1 atom stereocenters. The summed E-state index contributed by atoms with van der Waals surface area (Å²) >= 11 is 6.17. The Kier molecular flexibility index (Phi) is 4.28. The Morgan fingerprint density at radius 1 is 1.45 bits per heavy atom. The fourth-order valence-electron chi connectivity index (χ4n) is 2.10. The number of aromatic nitrogens is 3. The molecular formula is C14H19ClN4O. The Morgan fingerprint density at radius 2 is 2.15 bits per heavy atom. The first-order chi connectivity index (χ1) is 9.38. The average Bonchev–Trinajstić information content (AvgIpc) is 2.66. The first-order valence-electron chi connectivity index (χ1n) is 6.64. The molecule has 2 aromatic rings. The number of nitrogens with zero attached hydrogens (tertiary/aromatic N) is 3. The summed E-state index contributed by atoms with van der Waals surface area (Å²) in [7, 11) is 0. The van der Waals surface area contributed by atoms with E-state index < -0.39 is 0 Å². The van der Waals surface area contributed by atoms with Crippen LogP contribution < -0.4 is 5.32 Å². The maximum absolute atomic E-state index is 12.0. The number of fused-ring (bicyclic) bond motifs is 1. The molecule has 0 spiro atoms. The minimum absolute atomic E-state index is 0.0692. The van der Waals surface area contributed by atoms with Gasteiger partial charge >= 0.3 is 0 Å². The van der Waals surface area contributed by atoms with Gasteiger partial charge in [-0.2, -0.15) is 0 Å². The maximum atomic E-state index is 12.0. The average molecular weight is 295 g/mol. The fourth-order valence-corrected chi connectivity index (χ4v) is 2.27. The van der Waals surface area contributed by atoms with Crippen molar-refractivity contribution < 1.29 is 4.79 Å². The molecule has 20 heavy (non-hydrogen) atoms. The van der Waals surface area contributed by atoms with E-state index in [2.05, 4.69) is 15.3 Å². The minimum atomic E-state index is -0.281. The van der Waals surface area contributed by atoms with Gasteiger partial charge in [0.05, 0.1) is 5.38 Å². The second kappa shape index (κ2) is 5.79. The SMILES string of the molecule is Cc1cnc2c(c1)nc(C(C)Cl)n2CC(=O)NC(C)C. The molecule has 108 valence electrons. The number of hydrogen-bond donors (Lipinski definition) is 1. The highest BCUT2D eigenvalue weighted by Gasteiger charge is 2.18. The van der Waals surface area contributed by atoms with E-state index in [1.807, 2.05) is 33.8 Å². The first kappa shape index (κ1) is 14.8. The predicted molar refractivity (Wildman–Crippen MR) is 79.8 cm³/mol. The van der Waals surface area contributed by atoms with Gasteiger partial charge in [-0.05, 0) is 39.3 Å². The molecule has 2 rings (SSSR count). The summed E-state index contributed by atoms with van der Waals surface area (Å²) in [6.07, 6.45) is 1.77. The third-order valence-corrected chi connectivity index (χ3v) is 3.05. The fraction of sp³-hybridized carbons (Fsp3) is 0.500. The van der Waals surface area contributed by atoms with Crippen LogP contribution in [0.5, 0.6) is 0 Å². The van der Waals surface area contributed by atoms with E-state index in [0.717, 1.165) is 11.1 Å². The molecule has 1 N–H and O–H groups in total. The second-order valence-electron chi connectivity index (χ2n) is 5.25. The van der Waals surface area contributed by atoms with Crippen LogP contribution in [0.4, 0.5) is 0 Å². The number of carbonyl (C=O) groups is 1. The molecule has 0 aliphatic rings. The molecule has 1 amide bonds. The zero-order chi connectivity index (χ0) is 14.9. The van der Waals surface area contributed by atoms with E-state index in [1.165, 1.54) is 0 Å². The normalized spacial score (nSPS) is 12.9. The molecule has 2 heterocycles. The van der Waals surface area contributed by atoms with Gasteiger partial charge in [-0.3, -0.25) is 4.79 Å². The highest BCUT2D eigenvalue weighted by atomic mass is 35.5. The third kappa shape index (κ3) is 3.10. The van der Waals surface area contributed by atoms with Crippen molar-refractivity contribution >= 4 is 28.7 Å². The molecule has 6 heteroatoms. The lowest BCUT2D eigenvalue weighted by molar-refractivity contribution is -0.122. The van der Waals surface area contributed by atoms with Crippen LogP contribution in [-0.4, -0.2) is 26.5 Å². The smallest absolute Gasteiger partial charge is 0.240 e. The number of aryl methyl sites for hydroxylation is 1. The molecule has 1 unspecified atom stereocenters. The molecule has 0 bridgehead atoms. The van der Waals surface area contributed by atoms with Gasteiger partial charge < -0.3 is 9.88 Å². The van der Waals surface area contributed by atoms with E-state index in [9.17, 15) is 4.79 Å². The Balaban J connectivity index is 2.43. The van der Waals surface area contributed by atoms with Crippen molar-refractivity contribution in [1.29, 1.82) is 0 Å². The standard InChI is InChI=1S/C14H19ClN4O/c1-8(2)17-12(20)7-19-13(10(4)15)18-11-5-9(3)6-16-14(11)19/h5-6,8,10H,7H2,1-4H3,(H,17,20). The molecule has 0 aliphatic carbocycles. The van der Waals surface area contributed by atoms with Crippen LogP contribution in [0.25, 0.3) is 11.2 Å². The summed E-state index contributed by atoms with van der Waals surface area (Å²) in [4.78, 5) is 20.8. The van der Waals surface area contributed by atoms with Gasteiger partial charge in [0.2, 0.25) is 5.91 Å². The van der Waals surface area contributed by atoms with E-state index in [0.29, 0.717) is 11.5 Å². The molecule has 0 fully saturated rings. The second-order valence-corrected chi connectivity index (χ2v) is 5.90. The van der Waals surface area contributed by atoms with Crippen LogP contribution in [0.15, 0.2) is 12.3 Å². The molecule has 0 aliphatic heterocycles. The number of halogens is 1. The molecule has 0 aromatic carbocycles. The lowest BCUT2D eigenvalue weighted by atomic mass is 10.3. The first-order valence-corrected chi connectivity index (χ1v) is 7.08. The van der Waals surface area contributed by atoms with Crippen molar-refractivity contribution in [2.45, 2.75) is 45.7 Å². The summed E-state index contributed by atoms with van der Waals surface area (Å²) < 4.78 is 1.78. The highest BCUT2D eigenvalue weighted by Crippen LogP contribution is 2.23. The quantitative estimate of drug-likeness (QED) is 0.882. The number of pyridine rings is 1. The van der Waals surface area contributed by atoms with E-state index in [4.69, 9.17) is 11.6 Å². The van der Waals surface area contributed by atoms with Crippen LogP contribution in [0, 0.1) is 6.92 Å². The number of amides is 1.